The number of carbonyl (C=O) groups excluding carboxylic acids is 3. The Morgan fingerprint density at radius 1 is 1.48 bits per heavy atom. The predicted molar refractivity (Wildman–Crippen MR) is 97.6 cm³/mol. The maximum atomic E-state index is 14.3. The largest absolute Gasteiger partial charge is 0.490 e. The molecule has 1 heterocycles. The third-order valence-electron chi connectivity index (χ3n) is 4.23. The SMILES string of the molecule is CC(=O)OP(=O)(O)N(CC1CN(C2=CCC(=NCCO)C(F)C2)C(=O)O1)C(C)=O. The molecule has 0 aromatic carbocycles. The lowest BCUT2D eigenvalue weighted by atomic mass is 9.99. The standard InChI is InChI=1S/C16H23FN3O8P/c1-10(22)20(29(25,26)28-11(2)23)9-13-8-19(16(24)27-13)12-3-4-15(14(17)7-12)18-5-6-21/h3,13-14,21H,4-9H2,1-2H3,(H,25,26). The second kappa shape index (κ2) is 9.47. The van der Waals surface area contributed by atoms with Crippen LogP contribution in [-0.2, 0) is 23.4 Å². The molecule has 2 N–H and O–H groups in total. The van der Waals surface area contributed by atoms with Crippen LogP contribution in [0, 0.1) is 0 Å². The predicted octanol–water partition coefficient (Wildman–Crippen LogP) is 0.768. The van der Waals surface area contributed by atoms with Gasteiger partial charge in [0.2, 0.25) is 5.91 Å². The fourth-order valence-corrected chi connectivity index (χ4v) is 4.16. The van der Waals surface area contributed by atoms with E-state index in [0.29, 0.717) is 10.4 Å². The minimum Gasteiger partial charge on any atom is -0.442 e. The van der Waals surface area contributed by atoms with Crippen LogP contribution in [0.25, 0.3) is 0 Å². The van der Waals surface area contributed by atoms with Gasteiger partial charge in [-0.2, -0.15) is 0 Å². The molecule has 11 nitrogen and oxygen atoms in total. The van der Waals surface area contributed by atoms with Crippen LogP contribution in [0.15, 0.2) is 16.8 Å². The number of alkyl halides is 1. The highest BCUT2D eigenvalue weighted by Crippen LogP contribution is 2.47. The van der Waals surface area contributed by atoms with Crippen LogP contribution in [0.5, 0.6) is 0 Å². The Bertz CT molecular complexity index is 786. The van der Waals surface area contributed by atoms with E-state index in [-0.39, 0.29) is 38.2 Å². The molecule has 162 valence electrons. The minimum atomic E-state index is -4.75. The van der Waals surface area contributed by atoms with E-state index in [0.717, 1.165) is 13.8 Å². The van der Waals surface area contributed by atoms with E-state index < -0.39 is 44.5 Å². The number of aliphatic hydroxyl groups is 1. The summed E-state index contributed by atoms with van der Waals surface area (Å²) in [6, 6.07) is 0. The summed E-state index contributed by atoms with van der Waals surface area (Å²) in [6.07, 6.45) is -1.51. The molecule has 0 spiro atoms. The monoisotopic (exact) mass is 435 g/mol. The molecular formula is C16H23FN3O8P. The van der Waals surface area contributed by atoms with Crippen molar-refractivity contribution in [2.24, 2.45) is 4.99 Å². The van der Waals surface area contributed by atoms with E-state index >= 15 is 0 Å². The number of ether oxygens (including phenoxy) is 1. The molecule has 0 saturated carbocycles. The van der Waals surface area contributed by atoms with E-state index in [1.807, 2.05) is 0 Å². The Labute approximate surface area is 166 Å². The van der Waals surface area contributed by atoms with E-state index in [2.05, 4.69) is 9.52 Å². The van der Waals surface area contributed by atoms with Crippen LogP contribution in [0.4, 0.5) is 9.18 Å². The van der Waals surface area contributed by atoms with Crippen molar-refractivity contribution in [3.05, 3.63) is 11.8 Å². The zero-order chi connectivity index (χ0) is 21.8. The highest BCUT2D eigenvalue weighted by molar-refractivity contribution is 7.51. The van der Waals surface area contributed by atoms with Crippen molar-refractivity contribution in [1.29, 1.82) is 0 Å². The van der Waals surface area contributed by atoms with Crippen molar-refractivity contribution in [3.8, 4) is 0 Å². The first-order valence-corrected chi connectivity index (χ1v) is 10.3. The zero-order valence-corrected chi connectivity index (χ0v) is 16.9. The first-order valence-electron chi connectivity index (χ1n) is 8.82. The summed E-state index contributed by atoms with van der Waals surface area (Å²) in [4.78, 5) is 49.9. The lowest BCUT2D eigenvalue weighted by molar-refractivity contribution is -0.134. The summed E-state index contributed by atoms with van der Waals surface area (Å²) >= 11 is 0. The first kappa shape index (κ1) is 23.0. The van der Waals surface area contributed by atoms with Crippen LogP contribution >= 0.6 is 7.75 Å². The highest BCUT2D eigenvalue weighted by Gasteiger charge is 2.42. The van der Waals surface area contributed by atoms with Gasteiger partial charge < -0.3 is 14.4 Å². The number of hydrogen-bond donors (Lipinski definition) is 2. The molecule has 0 radical (unpaired) electrons. The summed E-state index contributed by atoms with van der Waals surface area (Å²) < 4.78 is 36.3. The summed E-state index contributed by atoms with van der Waals surface area (Å²) in [5, 5.41) is 8.78. The molecule has 1 aliphatic heterocycles. The number of rotatable bonds is 7. The molecule has 0 aromatic heterocycles. The molecule has 3 unspecified atom stereocenters. The molecule has 29 heavy (non-hydrogen) atoms. The normalized spacial score (nSPS) is 25.3. The Balaban J connectivity index is 2.08. The number of amides is 2. The van der Waals surface area contributed by atoms with Crippen molar-refractivity contribution < 1.29 is 42.6 Å². The Hall–Kier alpha value is -2.30. The zero-order valence-electron chi connectivity index (χ0n) is 16.0. The van der Waals surface area contributed by atoms with Gasteiger partial charge in [-0.15, -0.1) is 0 Å². The van der Waals surface area contributed by atoms with Gasteiger partial charge in [-0.25, -0.2) is 18.4 Å². The van der Waals surface area contributed by atoms with Crippen LogP contribution < -0.4 is 0 Å². The number of carbonyl (C=O) groups is 3. The Morgan fingerprint density at radius 3 is 2.72 bits per heavy atom. The van der Waals surface area contributed by atoms with Crippen molar-refractivity contribution in [3.63, 3.8) is 0 Å². The van der Waals surface area contributed by atoms with E-state index in [1.54, 1.807) is 6.08 Å². The van der Waals surface area contributed by atoms with E-state index in [1.165, 1.54) is 4.90 Å². The lowest BCUT2D eigenvalue weighted by Gasteiger charge is -2.26. The third-order valence-corrected chi connectivity index (χ3v) is 5.78. The molecular weight excluding hydrogens is 412 g/mol. The fourth-order valence-electron chi connectivity index (χ4n) is 2.98. The number of aliphatic hydroxyl groups excluding tert-OH is 1. The van der Waals surface area contributed by atoms with E-state index in [4.69, 9.17) is 9.84 Å². The Morgan fingerprint density at radius 2 is 2.17 bits per heavy atom. The van der Waals surface area contributed by atoms with Gasteiger partial charge in [-0.05, 0) is 0 Å². The van der Waals surface area contributed by atoms with Gasteiger partial charge in [0, 0.05) is 32.4 Å². The molecule has 1 saturated heterocycles. The van der Waals surface area contributed by atoms with Gasteiger partial charge in [0.15, 0.2) is 0 Å². The number of cyclic esters (lactones) is 1. The smallest absolute Gasteiger partial charge is 0.442 e. The third kappa shape index (κ3) is 5.84. The number of nitrogens with zero attached hydrogens (tertiary/aromatic N) is 3. The molecule has 3 atom stereocenters. The topological polar surface area (TPSA) is 146 Å². The average Bonchev–Trinajstić information content (AvgIpc) is 2.97. The van der Waals surface area contributed by atoms with Gasteiger partial charge in [0.1, 0.15) is 12.3 Å². The maximum Gasteiger partial charge on any atom is 0.490 e. The van der Waals surface area contributed by atoms with Crippen molar-refractivity contribution in [2.45, 2.75) is 39.0 Å². The summed E-state index contributed by atoms with van der Waals surface area (Å²) in [5.41, 5.74) is 0.645. The first-order chi connectivity index (χ1) is 13.5. The van der Waals surface area contributed by atoms with Gasteiger partial charge in [-0.3, -0.25) is 24.4 Å². The highest BCUT2D eigenvalue weighted by atomic mass is 31.2. The van der Waals surface area contributed by atoms with Crippen LogP contribution in [0.2, 0.25) is 0 Å². The van der Waals surface area contributed by atoms with Gasteiger partial charge >= 0.3 is 19.8 Å². The van der Waals surface area contributed by atoms with Gasteiger partial charge in [0.05, 0.1) is 32.0 Å². The second-order valence-corrected chi connectivity index (χ2v) is 8.11. The molecule has 2 rings (SSSR count). The minimum absolute atomic E-state index is 0.0790. The van der Waals surface area contributed by atoms with Crippen LogP contribution in [0.3, 0.4) is 0 Å². The van der Waals surface area contributed by atoms with Crippen LogP contribution in [0.1, 0.15) is 26.7 Å². The van der Waals surface area contributed by atoms with Crippen molar-refractivity contribution in [2.75, 3.05) is 26.2 Å². The number of hydrogen-bond acceptors (Lipinski definition) is 8. The quantitative estimate of drug-likeness (QED) is 0.558. The fraction of sp³-hybridized carbons (Fsp3) is 0.625. The molecule has 0 bridgehead atoms. The molecule has 0 aromatic rings. The Kier molecular flexibility index (Phi) is 7.50. The number of halogens is 1. The number of aliphatic imine (C=N–C) groups is 1. The molecule has 1 aliphatic carbocycles. The maximum absolute atomic E-state index is 14.3. The molecule has 1 fully saturated rings. The second-order valence-electron chi connectivity index (χ2n) is 6.46. The van der Waals surface area contributed by atoms with Crippen molar-refractivity contribution >= 4 is 31.4 Å². The summed E-state index contributed by atoms with van der Waals surface area (Å²) in [7, 11) is -4.75. The summed E-state index contributed by atoms with van der Waals surface area (Å²) in [6.45, 7) is 1.27. The molecule has 2 aliphatic rings. The van der Waals surface area contributed by atoms with Gasteiger partial charge in [-0.1, -0.05) is 6.08 Å². The molecule has 13 heteroatoms. The van der Waals surface area contributed by atoms with E-state index in [9.17, 15) is 28.2 Å². The lowest BCUT2D eigenvalue weighted by Crippen LogP contribution is -2.37. The van der Waals surface area contributed by atoms with Crippen molar-refractivity contribution in [1.82, 2.24) is 9.57 Å². The number of allylic oxidation sites excluding steroid dienone is 2. The average molecular weight is 435 g/mol. The summed E-state index contributed by atoms with van der Waals surface area (Å²) in [5.74, 6) is -1.90. The molecule has 2 amide bonds. The van der Waals surface area contributed by atoms with Crippen LogP contribution in [-0.4, -0.2) is 81.8 Å². The van der Waals surface area contributed by atoms with Gasteiger partial charge in [0.25, 0.3) is 0 Å².